The molecule has 2 rings (SSSR count). The van der Waals surface area contributed by atoms with Crippen molar-refractivity contribution in [3.8, 4) is 0 Å². The first kappa shape index (κ1) is 17.5. The Morgan fingerprint density at radius 2 is 1.70 bits per heavy atom. The fraction of sp³-hybridized carbons (Fsp3) is 0.579. The Bertz CT molecular complexity index is 545. The summed E-state index contributed by atoms with van der Waals surface area (Å²) >= 11 is 0. The molecular formula is C19H27NO3. The summed E-state index contributed by atoms with van der Waals surface area (Å²) < 4.78 is 0. The monoisotopic (exact) mass is 317 g/mol. The van der Waals surface area contributed by atoms with Crippen LogP contribution in [0.5, 0.6) is 0 Å². The number of hydrogen-bond acceptors (Lipinski definition) is 2. The third-order valence-electron chi connectivity index (χ3n) is 5.34. The summed E-state index contributed by atoms with van der Waals surface area (Å²) in [6.07, 6.45) is 1.51. The molecule has 1 N–H and O–H groups in total. The molecule has 1 fully saturated rings. The van der Waals surface area contributed by atoms with Gasteiger partial charge in [0.1, 0.15) is 0 Å². The van der Waals surface area contributed by atoms with Gasteiger partial charge in [-0.15, -0.1) is 0 Å². The minimum absolute atomic E-state index is 0.151. The van der Waals surface area contributed by atoms with E-state index < -0.39 is 11.4 Å². The average molecular weight is 317 g/mol. The molecule has 1 aromatic rings. The quantitative estimate of drug-likeness (QED) is 0.906. The number of nitrogens with zero attached hydrogens (tertiary/aromatic N) is 1. The number of carbonyl (C=O) groups is 2. The largest absolute Gasteiger partial charge is 0.481 e. The van der Waals surface area contributed by atoms with Crippen LogP contribution >= 0.6 is 0 Å². The number of carboxylic acid groups (broad SMARTS) is 1. The van der Waals surface area contributed by atoms with E-state index in [4.69, 9.17) is 0 Å². The van der Waals surface area contributed by atoms with Gasteiger partial charge in [-0.25, -0.2) is 0 Å². The van der Waals surface area contributed by atoms with Crippen molar-refractivity contribution < 1.29 is 14.7 Å². The zero-order valence-corrected chi connectivity index (χ0v) is 14.3. The maximum absolute atomic E-state index is 12.4. The van der Waals surface area contributed by atoms with Gasteiger partial charge in [0, 0.05) is 19.5 Å². The molecule has 1 amide bonds. The van der Waals surface area contributed by atoms with Crippen LogP contribution in [0.15, 0.2) is 30.3 Å². The SMILES string of the molecule is CC(C)C(C)CC(=O)N1CCC(C(=O)O)(c2ccccc2)CC1. The van der Waals surface area contributed by atoms with Gasteiger partial charge in [0.15, 0.2) is 0 Å². The molecule has 1 aliphatic rings. The molecule has 4 nitrogen and oxygen atoms in total. The first-order chi connectivity index (χ1) is 10.9. The molecule has 1 aromatic carbocycles. The Hall–Kier alpha value is -1.84. The lowest BCUT2D eigenvalue weighted by molar-refractivity contribution is -0.148. The maximum atomic E-state index is 12.4. The van der Waals surface area contributed by atoms with Gasteiger partial charge in [0.05, 0.1) is 5.41 Å². The molecule has 1 heterocycles. The predicted molar refractivity (Wildman–Crippen MR) is 90.2 cm³/mol. The molecule has 0 radical (unpaired) electrons. The first-order valence-electron chi connectivity index (χ1n) is 8.43. The van der Waals surface area contributed by atoms with Crippen LogP contribution in [0.2, 0.25) is 0 Å². The fourth-order valence-electron chi connectivity index (χ4n) is 3.16. The number of benzene rings is 1. The van der Waals surface area contributed by atoms with E-state index >= 15 is 0 Å². The summed E-state index contributed by atoms with van der Waals surface area (Å²) in [4.78, 5) is 26.2. The Morgan fingerprint density at radius 3 is 2.17 bits per heavy atom. The van der Waals surface area contributed by atoms with E-state index in [9.17, 15) is 14.7 Å². The third-order valence-corrected chi connectivity index (χ3v) is 5.34. The number of aliphatic carboxylic acids is 1. The summed E-state index contributed by atoms with van der Waals surface area (Å²) in [5, 5.41) is 9.78. The molecule has 0 aliphatic carbocycles. The van der Waals surface area contributed by atoms with Crippen LogP contribution in [-0.4, -0.2) is 35.0 Å². The third kappa shape index (κ3) is 3.74. The normalized spacial score (nSPS) is 18.7. The first-order valence-corrected chi connectivity index (χ1v) is 8.43. The highest BCUT2D eigenvalue weighted by Crippen LogP contribution is 2.36. The number of carboxylic acids is 1. The highest BCUT2D eigenvalue weighted by atomic mass is 16.4. The standard InChI is InChI=1S/C19H27NO3/c1-14(2)15(3)13-17(21)20-11-9-19(10-12-20,18(22)23)16-7-5-4-6-8-16/h4-8,14-15H,9-13H2,1-3H3,(H,22,23). The minimum atomic E-state index is -0.859. The second kappa shape index (κ2) is 7.16. The van der Waals surface area contributed by atoms with E-state index in [1.807, 2.05) is 35.2 Å². The van der Waals surface area contributed by atoms with Crippen LogP contribution in [0.1, 0.15) is 45.6 Å². The van der Waals surface area contributed by atoms with Crippen molar-refractivity contribution in [2.24, 2.45) is 11.8 Å². The summed E-state index contributed by atoms with van der Waals surface area (Å²) in [5.74, 6) is 0.193. The van der Waals surface area contributed by atoms with Crippen molar-refractivity contribution in [2.75, 3.05) is 13.1 Å². The van der Waals surface area contributed by atoms with Crippen molar-refractivity contribution in [1.82, 2.24) is 4.90 Å². The lowest BCUT2D eigenvalue weighted by atomic mass is 9.72. The molecule has 126 valence electrons. The summed E-state index contributed by atoms with van der Waals surface area (Å²) in [7, 11) is 0. The molecule has 1 atom stereocenters. The highest BCUT2D eigenvalue weighted by molar-refractivity contribution is 5.82. The molecular weight excluding hydrogens is 290 g/mol. The van der Waals surface area contributed by atoms with Gasteiger partial charge in [-0.2, -0.15) is 0 Å². The smallest absolute Gasteiger partial charge is 0.314 e. The van der Waals surface area contributed by atoms with Gasteiger partial charge in [-0.3, -0.25) is 9.59 Å². The lowest BCUT2D eigenvalue weighted by Crippen LogP contribution is -2.49. The predicted octanol–water partition coefficient (Wildman–Crippen LogP) is 3.31. The van der Waals surface area contributed by atoms with Gasteiger partial charge in [-0.1, -0.05) is 51.1 Å². The van der Waals surface area contributed by atoms with E-state index in [2.05, 4.69) is 20.8 Å². The fourth-order valence-corrected chi connectivity index (χ4v) is 3.16. The van der Waals surface area contributed by atoms with Gasteiger partial charge in [0.2, 0.25) is 5.91 Å². The van der Waals surface area contributed by atoms with Crippen LogP contribution in [0.3, 0.4) is 0 Å². The summed E-state index contributed by atoms with van der Waals surface area (Å²) in [6, 6.07) is 9.41. The molecule has 1 aliphatic heterocycles. The lowest BCUT2D eigenvalue weighted by Gasteiger charge is -2.39. The van der Waals surface area contributed by atoms with E-state index in [0.717, 1.165) is 5.56 Å². The van der Waals surface area contributed by atoms with Crippen molar-refractivity contribution in [3.63, 3.8) is 0 Å². The number of amides is 1. The Morgan fingerprint density at radius 1 is 1.13 bits per heavy atom. The molecule has 1 unspecified atom stereocenters. The van der Waals surface area contributed by atoms with Crippen molar-refractivity contribution in [3.05, 3.63) is 35.9 Å². The molecule has 0 saturated carbocycles. The average Bonchev–Trinajstić information content (AvgIpc) is 2.55. The van der Waals surface area contributed by atoms with E-state index in [1.54, 1.807) is 0 Å². The highest BCUT2D eigenvalue weighted by Gasteiger charge is 2.43. The topological polar surface area (TPSA) is 57.6 Å². The van der Waals surface area contributed by atoms with Crippen LogP contribution in [0.25, 0.3) is 0 Å². The minimum Gasteiger partial charge on any atom is -0.481 e. The van der Waals surface area contributed by atoms with Crippen LogP contribution in [0.4, 0.5) is 0 Å². The van der Waals surface area contributed by atoms with Gasteiger partial charge >= 0.3 is 5.97 Å². The van der Waals surface area contributed by atoms with Gasteiger partial charge in [-0.05, 0) is 30.2 Å². The van der Waals surface area contributed by atoms with Crippen LogP contribution < -0.4 is 0 Å². The molecule has 1 saturated heterocycles. The van der Waals surface area contributed by atoms with E-state index in [-0.39, 0.29) is 5.91 Å². The molecule has 23 heavy (non-hydrogen) atoms. The zero-order valence-electron chi connectivity index (χ0n) is 14.3. The molecule has 0 spiro atoms. The van der Waals surface area contributed by atoms with Crippen molar-refractivity contribution in [1.29, 1.82) is 0 Å². The van der Waals surface area contributed by atoms with Gasteiger partial charge in [0.25, 0.3) is 0 Å². The number of rotatable bonds is 5. The molecule has 4 heteroatoms. The molecule has 0 aromatic heterocycles. The summed E-state index contributed by atoms with van der Waals surface area (Å²) in [5.41, 5.74) is -0.0167. The van der Waals surface area contributed by atoms with Crippen molar-refractivity contribution in [2.45, 2.75) is 45.4 Å². The molecule has 0 bridgehead atoms. The Kier molecular flexibility index (Phi) is 5.45. The van der Waals surface area contributed by atoms with Crippen LogP contribution in [-0.2, 0) is 15.0 Å². The van der Waals surface area contributed by atoms with E-state index in [0.29, 0.717) is 44.2 Å². The number of piperidine rings is 1. The Balaban J connectivity index is 2.06. The second-order valence-corrected chi connectivity index (χ2v) is 7.06. The van der Waals surface area contributed by atoms with Crippen molar-refractivity contribution >= 4 is 11.9 Å². The number of likely N-dealkylation sites (tertiary alicyclic amines) is 1. The number of carbonyl (C=O) groups excluding carboxylic acids is 1. The van der Waals surface area contributed by atoms with Crippen LogP contribution in [0, 0.1) is 11.8 Å². The Labute approximate surface area is 138 Å². The summed E-state index contributed by atoms with van der Waals surface area (Å²) in [6.45, 7) is 7.38. The number of hydrogen-bond donors (Lipinski definition) is 1. The van der Waals surface area contributed by atoms with Gasteiger partial charge < -0.3 is 10.0 Å². The maximum Gasteiger partial charge on any atom is 0.314 e. The zero-order chi connectivity index (χ0) is 17.0. The van der Waals surface area contributed by atoms with E-state index in [1.165, 1.54) is 0 Å². The second-order valence-electron chi connectivity index (χ2n) is 7.06.